The first kappa shape index (κ1) is 18.3. The fraction of sp³-hybridized carbons (Fsp3) is 0.833. The molecule has 1 N–H and O–H groups in total. The Morgan fingerprint density at radius 3 is 1.35 bits per heavy atom. The van der Waals surface area contributed by atoms with E-state index in [4.69, 9.17) is 5.11 Å². The smallest absolute Gasteiger partial charge is 0.311 e. The second kappa shape index (κ2) is 8.98. The molecule has 0 aliphatic heterocycles. The number of carbonyl (C=O) groups is 2. The summed E-state index contributed by atoms with van der Waals surface area (Å²) in [5.74, 6) is -4.34. The highest BCUT2D eigenvalue weighted by atomic mass is 16.4. The van der Waals surface area contributed by atoms with Crippen molar-refractivity contribution < 1.29 is 24.3 Å². The van der Waals surface area contributed by atoms with Crippen LogP contribution in [0.25, 0.3) is 0 Å². The Hall–Kier alpha value is -1.10. The second-order valence-electron chi connectivity index (χ2n) is 3.99. The van der Waals surface area contributed by atoms with Gasteiger partial charge in [0.1, 0.15) is 0 Å². The molecule has 5 nitrogen and oxygen atoms in total. The third-order valence-electron chi connectivity index (χ3n) is 3.41. The number of nitrogens with zero attached hydrogens (tertiary/aromatic N) is 1. The van der Waals surface area contributed by atoms with Crippen LogP contribution in [0.1, 0.15) is 34.6 Å². The van der Waals surface area contributed by atoms with Crippen LogP contribution in [0.5, 0.6) is 0 Å². The molecule has 17 heavy (non-hydrogen) atoms. The summed E-state index contributed by atoms with van der Waals surface area (Å²) in [5, 5.41) is 17.6. The summed E-state index contributed by atoms with van der Waals surface area (Å²) in [6.07, 6.45) is 0. The number of hydrogen-bond acceptors (Lipinski definition) is 3. The van der Waals surface area contributed by atoms with Crippen LogP contribution >= 0.6 is 0 Å². The van der Waals surface area contributed by atoms with Gasteiger partial charge in [-0.15, -0.1) is 0 Å². The van der Waals surface area contributed by atoms with Crippen molar-refractivity contribution in [2.24, 2.45) is 5.92 Å². The van der Waals surface area contributed by atoms with Crippen molar-refractivity contribution in [1.29, 1.82) is 0 Å². The number of rotatable bonds is 6. The summed E-state index contributed by atoms with van der Waals surface area (Å²) < 4.78 is 1.28. The summed E-state index contributed by atoms with van der Waals surface area (Å²) in [7, 11) is 0. The molecule has 0 saturated heterocycles. The average molecular weight is 247 g/mol. The molecule has 0 aromatic heterocycles. The molecule has 0 rings (SSSR count). The van der Waals surface area contributed by atoms with Gasteiger partial charge in [0, 0.05) is 0 Å². The summed E-state index contributed by atoms with van der Waals surface area (Å²) in [4.78, 5) is 19.4. The van der Waals surface area contributed by atoms with E-state index in [0.717, 1.165) is 6.92 Å². The molecule has 0 fully saturated rings. The molecule has 0 bridgehead atoms. The topological polar surface area (TPSA) is 77.4 Å². The number of hydrogen-bond donors (Lipinski definition) is 1. The van der Waals surface area contributed by atoms with Crippen LogP contribution in [-0.2, 0) is 9.59 Å². The standard InChI is InChI=1S/C8H20N.C4H6O4/c1-5-9(6-2,7-3)8-4;1-2(3(5)6)4(7)8/h5-8H2,1-4H3;2H,1H3,(H,5,6)(H,7,8)/q+1;/p-1. The van der Waals surface area contributed by atoms with E-state index < -0.39 is 17.9 Å². The summed E-state index contributed by atoms with van der Waals surface area (Å²) in [5.41, 5.74) is 0. The zero-order valence-electron chi connectivity index (χ0n) is 11.5. The Kier molecular flexibility index (Phi) is 9.66. The predicted molar refractivity (Wildman–Crippen MR) is 64.2 cm³/mol. The minimum absolute atomic E-state index is 1.05. The molecular formula is C12H25NO4. The van der Waals surface area contributed by atoms with Crippen LogP contribution in [-0.4, -0.2) is 47.7 Å². The van der Waals surface area contributed by atoms with E-state index in [9.17, 15) is 14.7 Å². The fourth-order valence-corrected chi connectivity index (χ4v) is 1.44. The fourth-order valence-electron chi connectivity index (χ4n) is 1.44. The Morgan fingerprint density at radius 1 is 1.06 bits per heavy atom. The summed E-state index contributed by atoms with van der Waals surface area (Å²) in [6.45, 7) is 15.3. The molecule has 0 heterocycles. The summed E-state index contributed by atoms with van der Waals surface area (Å²) >= 11 is 0. The number of aliphatic carboxylic acids is 2. The lowest BCUT2D eigenvalue weighted by Gasteiger charge is -2.34. The molecule has 0 saturated carbocycles. The van der Waals surface area contributed by atoms with E-state index in [1.165, 1.54) is 30.7 Å². The first-order valence-corrected chi connectivity index (χ1v) is 6.08. The summed E-state index contributed by atoms with van der Waals surface area (Å²) in [6, 6.07) is 0. The van der Waals surface area contributed by atoms with Gasteiger partial charge in [-0.05, 0) is 34.6 Å². The van der Waals surface area contributed by atoms with Crippen LogP contribution in [0.15, 0.2) is 0 Å². The SMILES string of the molecule is CC(C(=O)[O-])C(=O)O.CC[N+](CC)(CC)CC. The van der Waals surface area contributed by atoms with Crippen LogP contribution in [0.3, 0.4) is 0 Å². The quantitative estimate of drug-likeness (QED) is 0.542. The monoisotopic (exact) mass is 247 g/mol. The normalized spacial score (nSPS) is 12.3. The van der Waals surface area contributed by atoms with E-state index in [0.29, 0.717) is 0 Å². The van der Waals surface area contributed by atoms with Crippen LogP contribution in [0.2, 0.25) is 0 Å². The van der Waals surface area contributed by atoms with Gasteiger partial charge in [0.15, 0.2) is 0 Å². The molecule has 0 amide bonds. The van der Waals surface area contributed by atoms with Gasteiger partial charge in [-0.2, -0.15) is 0 Å². The third kappa shape index (κ3) is 6.94. The second-order valence-corrected chi connectivity index (χ2v) is 3.99. The van der Waals surface area contributed by atoms with Gasteiger partial charge < -0.3 is 19.5 Å². The Labute approximate surface area is 104 Å². The molecule has 1 unspecified atom stereocenters. The maximum absolute atomic E-state index is 9.72. The van der Waals surface area contributed by atoms with Crippen molar-refractivity contribution in [3.63, 3.8) is 0 Å². The van der Waals surface area contributed by atoms with Crippen LogP contribution < -0.4 is 5.11 Å². The third-order valence-corrected chi connectivity index (χ3v) is 3.41. The Morgan fingerprint density at radius 2 is 1.35 bits per heavy atom. The van der Waals surface area contributed by atoms with Crippen LogP contribution in [0, 0.1) is 5.92 Å². The lowest BCUT2D eigenvalue weighted by Crippen LogP contribution is -2.47. The largest absolute Gasteiger partial charge is 0.549 e. The molecule has 0 aliphatic rings. The predicted octanol–water partition coefficient (Wildman–Crippen LogP) is 0.340. The maximum atomic E-state index is 9.72. The first-order valence-electron chi connectivity index (χ1n) is 6.08. The molecule has 5 heteroatoms. The number of carboxylic acid groups (broad SMARTS) is 2. The molecule has 0 aliphatic carbocycles. The van der Waals surface area contributed by atoms with E-state index in [1.54, 1.807) is 0 Å². The van der Waals surface area contributed by atoms with Crippen molar-refractivity contribution in [3.8, 4) is 0 Å². The van der Waals surface area contributed by atoms with Crippen molar-refractivity contribution >= 4 is 11.9 Å². The lowest BCUT2D eigenvalue weighted by molar-refractivity contribution is -0.921. The van der Waals surface area contributed by atoms with E-state index in [1.807, 2.05) is 0 Å². The Balaban J connectivity index is 0. The van der Waals surface area contributed by atoms with Crippen molar-refractivity contribution in [1.82, 2.24) is 0 Å². The molecule has 1 atom stereocenters. The first-order chi connectivity index (χ1) is 7.80. The van der Waals surface area contributed by atoms with Crippen molar-refractivity contribution in [3.05, 3.63) is 0 Å². The maximum Gasteiger partial charge on any atom is 0.311 e. The van der Waals surface area contributed by atoms with Gasteiger partial charge in [0.25, 0.3) is 0 Å². The lowest BCUT2D eigenvalue weighted by atomic mass is 10.2. The highest BCUT2D eigenvalue weighted by Gasteiger charge is 2.16. The number of quaternary nitrogens is 1. The van der Waals surface area contributed by atoms with Gasteiger partial charge >= 0.3 is 5.97 Å². The van der Waals surface area contributed by atoms with Gasteiger partial charge in [0.2, 0.25) is 0 Å². The zero-order chi connectivity index (χ0) is 14.1. The molecular weight excluding hydrogens is 222 g/mol. The number of carboxylic acids is 2. The van der Waals surface area contributed by atoms with Crippen molar-refractivity contribution in [2.45, 2.75) is 34.6 Å². The highest BCUT2D eigenvalue weighted by Crippen LogP contribution is 2.03. The van der Waals surface area contributed by atoms with Gasteiger partial charge in [-0.25, -0.2) is 0 Å². The molecule has 0 aromatic rings. The highest BCUT2D eigenvalue weighted by molar-refractivity contribution is 5.91. The zero-order valence-corrected chi connectivity index (χ0v) is 11.5. The van der Waals surface area contributed by atoms with E-state index in [-0.39, 0.29) is 0 Å². The minimum Gasteiger partial charge on any atom is -0.549 e. The van der Waals surface area contributed by atoms with Crippen molar-refractivity contribution in [2.75, 3.05) is 26.2 Å². The number of carbonyl (C=O) groups excluding carboxylic acids is 1. The molecule has 102 valence electrons. The molecule has 0 spiro atoms. The van der Waals surface area contributed by atoms with Gasteiger partial charge in [-0.1, -0.05) is 0 Å². The van der Waals surface area contributed by atoms with Gasteiger partial charge in [-0.3, -0.25) is 4.79 Å². The van der Waals surface area contributed by atoms with E-state index >= 15 is 0 Å². The minimum atomic E-state index is -1.56. The average Bonchev–Trinajstić information content (AvgIpc) is 2.32. The molecule has 0 radical (unpaired) electrons. The molecule has 0 aromatic carbocycles. The Bertz CT molecular complexity index is 205. The van der Waals surface area contributed by atoms with E-state index in [2.05, 4.69) is 27.7 Å². The van der Waals surface area contributed by atoms with Crippen LogP contribution in [0.4, 0.5) is 0 Å². The van der Waals surface area contributed by atoms with Gasteiger partial charge in [0.05, 0.1) is 38.1 Å².